The summed E-state index contributed by atoms with van der Waals surface area (Å²) < 4.78 is 13.2. The Labute approximate surface area is 170 Å². The quantitative estimate of drug-likeness (QED) is 0.613. The van der Waals surface area contributed by atoms with Gasteiger partial charge >= 0.3 is 0 Å². The lowest BCUT2D eigenvalue weighted by atomic mass is 10.1. The molecule has 2 N–H and O–H groups in total. The van der Waals surface area contributed by atoms with Crippen LogP contribution in [0.4, 0.5) is 4.39 Å². The number of amides is 2. The summed E-state index contributed by atoms with van der Waals surface area (Å²) in [4.78, 5) is 28.4. The van der Waals surface area contributed by atoms with Crippen molar-refractivity contribution in [1.29, 1.82) is 0 Å². The third kappa shape index (κ3) is 5.61. The van der Waals surface area contributed by atoms with E-state index in [9.17, 15) is 14.0 Å². The fourth-order valence-electron chi connectivity index (χ4n) is 2.49. The second kappa shape index (κ2) is 9.43. The number of nitrogens with zero attached hydrogens (tertiary/aromatic N) is 1. The van der Waals surface area contributed by atoms with Crippen LogP contribution in [0.25, 0.3) is 0 Å². The molecular weight excluding hydrogens is 401 g/mol. The molecule has 0 unspecified atom stereocenters. The first kappa shape index (κ1) is 20.0. The molecule has 1 heterocycles. The maximum Gasteiger partial charge on any atom is 0.270 e. The molecule has 0 spiro atoms. The number of rotatable bonds is 7. The Balaban J connectivity index is 1.47. The number of hydrogen-bond donors (Lipinski definition) is 2. The van der Waals surface area contributed by atoms with Crippen molar-refractivity contribution in [1.82, 2.24) is 15.6 Å². The van der Waals surface area contributed by atoms with Gasteiger partial charge in [0.15, 0.2) is 0 Å². The van der Waals surface area contributed by atoms with Gasteiger partial charge in [0.25, 0.3) is 11.8 Å². The van der Waals surface area contributed by atoms with Crippen LogP contribution in [0.5, 0.6) is 0 Å². The van der Waals surface area contributed by atoms with Crippen LogP contribution in [0.15, 0.2) is 53.9 Å². The second-order valence-corrected chi connectivity index (χ2v) is 7.33. The van der Waals surface area contributed by atoms with E-state index in [-0.39, 0.29) is 18.0 Å². The highest BCUT2D eigenvalue weighted by Gasteiger charge is 2.12. The van der Waals surface area contributed by atoms with Crippen LogP contribution in [0.1, 0.15) is 31.4 Å². The molecule has 0 aliphatic rings. The van der Waals surface area contributed by atoms with E-state index >= 15 is 0 Å². The largest absolute Gasteiger partial charge is 0.350 e. The van der Waals surface area contributed by atoms with Gasteiger partial charge in [-0.05, 0) is 42.3 Å². The summed E-state index contributed by atoms with van der Waals surface area (Å²) in [5.74, 6) is -1.15. The predicted molar refractivity (Wildman–Crippen MR) is 107 cm³/mol. The number of aromatic nitrogens is 1. The highest BCUT2D eigenvalue weighted by atomic mass is 35.5. The van der Waals surface area contributed by atoms with Crippen LogP contribution in [0, 0.1) is 5.82 Å². The first-order valence-electron chi connectivity index (χ1n) is 8.52. The molecule has 0 fully saturated rings. The van der Waals surface area contributed by atoms with E-state index in [1.54, 1.807) is 11.4 Å². The number of carbonyl (C=O) groups excluding carboxylic acids is 2. The summed E-state index contributed by atoms with van der Waals surface area (Å²) in [6.07, 6.45) is 0.660. The van der Waals surface area contributed by atoms with E-state index in [0.717, 1.165) is 11.6 Å². The lowest BCUT2D eigenvalue weighted by Gasteiger charge is -2.04. The Morgan fingerprint density at radius 2 is 1.89 bits per heavy atom. The van der Waals surface area contributed by atoms with Gasteiger partial charge in [-0.1, -0.05) is 29.8 Å². The van der Waals surface area contributed by atoms with E-state index in [4.69, 9.17) is 11.6 Å². The average molecular weight is 418 g/mol. The Bertz CT molecular complexity index is 993. The topological polar surface area (TPSA) is 71.1 Å². The molecule has 3 aromatic rings. The number of thiazole rings is 1. The van der Waals surface area contributed by atoms with E-state index in [0.29, 0.717) is 28.7 Å². The van der Waals surface area contributed by atoms with Gasteiger partial charge in [0.1, 0.15) is 16.5 Å². The smallest absolute Gasteiger partial charge is 0.270 e. The first-order valence-corrected chi connectivity index (χ1v) is 9.78. The van der Waals surface area contributed by atoms with Crippen molar-refractivity contribution in [3.63, 3.8) is 0 Å². The van der Waals surface area contributed by atoms with E-state index in [1.165, 1.54) is 29.5 Å². The monoisotopic (exact) mass is 417 g/mol. The maximum atomic E-state index is 13.2. The Morgan fingerprint density at radius 3 is 2.68 bits per heavy atom. The Hall–Kier alpha value is -2.77. The van der Waals surface area contributed by atoms with E-state index in [2.05, 4.69) is 15.6 Å². The third-order valence-corrected chi connectivity index (χ3v) is 4.94. The fraction of sp³-hybridized carbons (Fsp3) is 0.150. The lowest BCUT2D eigenvalue weighted by molar-refractivity contribution is 0.0945. The van der Waals surface area contributed by atoms with Crippen LogP contribution in [0.3, 0.4) is 0 Å². The Morgan fingerprint density at radius 1 is 1.07 bits per heavy atom. The molecule has 5 nitrogen and oxygen atoms in total. The molecule has 2 aromatic carbocycles. The molecule has 1 aromatic heterocycles. The van der Waals surface area contributed by atoms with Crippen molar-refractivity contribution < 1.29 is 14.0 Å². The third-order valence-electron chi connectivity index (χ3n) is 3.86. The zero-order valence-electron chi connectivity index (χ0n) is 14.7. The van der Waals surface area contributed by atoms with Crippen molar-refractivity contribution in [2.45, 2.75) is 13.0 Å². The van der Waals surface area contributed by atoms with Gasteiger partial charge in [-0.15, -0.1) is 11.3 Å². The maximum absolute atomic E-state index is 13.2. The minimum atomic E-state index is -0.473. The predicted octanol–water partition coefficient (Wildman–Crippen LogP) is 3.84. The number of halogens is 2. The van der Waals surface area contributed by atoms with Crippen LogP contribution < -0.4 is 10.6 Å². The van der Waals surface area contributed by atoms with Crippen molar-refractivity contribution in [3.8, 4) is 0 Å². The molecule has 0 aliphatic heterocycles. The number of hydrogen-bond acceptors (Lipinski definition) is 4. The van der Waals surface area contributed by atoms with E-state index < -0.39 is 11.7 Å². The van der Waals surface area contributed by atoms with Crippen molar-refractivity contribution in [3.05, 3.63) is 86.6 Å². The molecule has 0 radical (unpaired) electrons. The van der Waals surface area contributed by atoms with Crippen molar-refractivity contribution >= 4 is 34.8 Å². The molecule has 0 aliphatic carbocycles. The summed E-state index contributed by atoms with van der Waals surface area (Å²) >= 11 is 7.21. The zero-order chi connectivity index (χ0) is 19.9. The lowest BCUT2D eigenvalue weighted by Crippen LogP contribution is -2.26. The van der Waals surface area contributed by atoms with Gasteiger partial charge in [0, 0.05) is 22.5 Å². The summed E-state index contributed by atoms with van der Waals surface area (Å²) in [6.45, 7) is 0.623. The number of carbonyl (C=O) groups is 2. The van der Waals surface area contributed by atoms with Gasteiger partial charge in [-0.3, -0.25) is 9.59 Å². The van der Waals surface area contributed by atoms with Crippen LogP contribution in [-0.2, 0) is 13.0 Å². The molecule has 144 valence electrons. The molecule has 0 saturated heterocycles. The zero-order valence-corrected chi connectivity index (χ0v) is 16.3. The van der Waals surface area contributed by atoms with E-state index in [1.807, 2.05) is 18.2 Å². The van der Waals surface area contributed by atoms with Gasteiger partial charge in [0.2, 0.25) is 0 Å². The normalized spacial score (nSPS) is 10.5. The molecule has 0 bridgehead atoms. The fourth-order valence-corrected chi connectivity index (χ4v) is 3.41. The van der Waals surface area contributed by atoms with Gasteiger partial charge in [0.05, 0.1) is 6.54 Å². The van der Waals surface area contributed by atoms with Crippen molar-refractivity contribution in [2.75, 3.05) is 6.54 Å². The molecule has 28 heavy (non-hydrogen) atoms. The molecule has 8 heteroatoms. The van der Waals surface area contributed by atoms with Gasteiger partial charge in [-0.25, -0.2) is 9.37 Å². The van der Waals surface area contributed by atoms with Crippen LogP contribution in [0.2, 0.25) is 5.02 Å². The molecule has 0 atom stereocenters. The number of benzene rings is 2. The standard InChI is InChI=1S/C20H17ClFN3O2S/c21-15-5-1-3-13(9-15)7-8-23-20(27)17-12-28-18(25-17)11-24-19(26)14-4-2-6-16(22)10-14/h1-6,9-10,12H,7-8,11H2,(H,23,27)(H,24,26). The highest BCUT2D eigenvalue weighted by Crippen LogP contribution is 2.12. The molecule has 3 rings (SSSR count). The van der Waals surface area contributed by atoms with Gasteiger partial charge in [-0.2, -0.15) is 0 Å². The first-order chi connectivity index (χ1) is 13.5. The summed E-state index contributed by atoms with van der Waals surface area (Å²) in [5.41, 5.74) is 1.56. The molecule has 0 saturated carbocycles. The van der Waals surface area contributed by atoms with Crippen LogP contribution in [-0.4, -0.2) is 23.3 Å². The van der Waals surface area contributed by atoms with Gasteiger partial charge < -0.3 is 10.6 Å². The number of nitrogens with one attached hydrogen (secondary N) is 2. The Kier molecular flexibility index (Phi) is 6.73. The van der Waals surface area contributed by atoms with Crippen LogP contribution >= 0.6 is 22.9 Å². The molecule has 2 amide bonds. The SMILES string of the molecule is O=C(NCc1nc(C(=O)NCCc2cccc(Cl)c2)cs1)c1cccc(F)c1. The minimum absolute atomic E-state index is 0.163. The minimum Gasteiger partial charge on any atom is -0.350 e. The van der Waals surface area contributed by atoms with Crippen molar-refractivity contribution in [2.24, 2.45) is 0 Å². The average Bonchev–Trinajstić information content (AvgIpc) is 3.15. The molecular formula is C20H17ClFN3O2S. The highest BCUT2D eigenvalue weighted by molar-refractivity contribution is 7.09. The second-order valence-electron chi connectivity index (χ2n) is 5.96. The summed E-state index contributed by atoms with van der Waals surface area (Å²) in [6, 6.07) is 12.9. The summed E-state index contributed by atoms with van der Waals surface area (Å²) in [7, 11) is 0. The summed E-state index contributed by atoms with van der Waals surface area (Å²) in [5, 5.41) is 8.36.